The van der Waals surface area contributed by atoms with Crippen LogP contribution in [0.25, 0.3) is 6.08 Å². The average Bonchev–Trinajstić information content (AvgIpc) is 3.04. The van der Waals surface area contributed by atoms with Gasteiger partial charge < -0.3 is 14.4 Å². The van der Waals surface area contributed by atoms with Gasteiger partial charge in [0.25, 0.3) is 0 Å². The maximum Gasteiger partial charge on any atom is 0.363 e. The van der Waals surface area contributed by atoms with Gasteiger partial charge in [0.15, 0.2) is 5.70 Å². The van der Waals surface area contributed by atoms with Crippen LogP contribution in [-0.2, 0) is 14.3 Å². The van der Waals surface area contributed by atoms with Crippen molar-refractivity contribution in [3.8, 4) is 0 Å². The van der Waals surface area contributed by atoms with E-state index in [2.05, 4.69) is 9.89 Å². The van der Waals surface area contributed by atoms with Gasteiger partial charge in [-0.05, 0) is 48.0 Å². The number of ether oxygens (including phenoxy) is 2. The molecule has 0 N–H and O–H groups in total. The number of carbonyl (C=O) groups excluding carboxylic acids is 1. The number of nitrogens with zero attached hydrogens (tertiary/aromatic N) is 2. The van der Waals surface area contributed by atoms with Crippen LogP contribution in [0, 0.1) is 0 Å². The van der Waals surface area contributed by atoms with Gasteiger partial charge in [0.2, 0.25) is 5.90 Å². The van der Waals surface area contributed by atoms with E-state index in [4.69, 9.17) is 21.1 Å². The zero-order valence-corrected chi connectivity index (χ0v) is 14.8. The third-order valence-electron chi connectivity index (χ3n) is 4.28. The number of benzene rings is 2. The van der Waals surface area contributed by atoms with Crippen molar-refractivity contribution in [2.45, 2.75) is 0 Å². The molecule has 0 unspecified atom stereocenters. The number of morpholine rings is 1. The Labute approximate surface area is 156 Å². The Morgan fingerprint density at radius 1 is 1.00 bits per heavy atom. The Hall–Kier alpha value is -2.63. The minimum Gasteiger partial charge on any atom is -0.402 e. The van der Waals surface area contributed by atoms with E-state index in [0.29, 0.717) is 16.5 Å². The molecule has 0 radical (unpaired) electrons. The van der Waals surface area contributed by atoms with Crippen molar-refractivity contribution in [3.63, 3.8) is 0 Å². The minimum absolute atomic E-state index is 0.286. The van der Waals surface area contributed by atoms with E-state index in [0.717, 1.165) is 37.6 Å². The Morgan fingerprint density at radius 2 is 1.69 bits per heavy atom. The van der Waals surface area contributed by atoms with E-state index in [-0.39, 0.29) is 5.70 Å². The second kappa shape index (κ2) is 7.32. The number of rotatable bonds is 3. The Morgan fingerprint density at radius 3 is 2.38 bits per heavy atom. The van der Waals surface area contributed by atoms with Crippen LogP contribution in [0.5, 0.6) is 0 Å². The molecule has 2 aromatic rings. The van der Waals surface area contributed by atoms with Crippen LogP contribution in [0.3, 0.4) is 0 Å². The van der Waals surface area contributed by atoms with Crippen molar-refractivity contribution < 1.29 is 14.3 Å². The zero-order valence-electron chi connectivity index (χ0n) is 14.0. The predicted octanol–water partition coefficient (Wildman–Crippen LogP) is 3.52. The topological polar surface area (TPSA) is 51.1 Å². The molecule has 0 atom stereocenters. The highest BCUT2D eigenvalue weighted by Gasteiger charge is 2.24. The van der Waals surface area contributed by atoms with E-state index in [1.54, 1.807) is 30.3 Å². The molecule has 0 aliphatic carbocycles. The van der Waals surface area contributed by atoms with Gasteiger partial charge in [-0.2, -0.15) is 0 Å². The maximum atomic E-state index is 12.1. The van der Waals surface area contributed by atoms with Gasteiger partial charge in [-0.15, -0.1) is 0 Å². The van der Waals surface area contributed by atoms with Gasteiger partial charge in [0.1, 0.15) is 0 Å². The monoisotopic (exact) mass is 368 g/mol. The molecule has 0 spiro atoms. The highest BCUT2D eigenvalue weighted by molar-refractivity contribution is 6.30. The van der Waals surface area contributed by atoms with Crippen LogP contribution in [0.15, 0.2) is 59.2 Å². The van der Waals surface area contributed by atoms with Crippen molar-refractivity contribution in [2.75, 3.05) is 31.2 Å². The molecule has 0 amide bonds. The molecule has 6 heteroatoms. The number of carbonyl (C=O) groups is 1. The quantitative estimate of drug-likeness (QED) is 0.614. The van der Waals surface area contributed by atoms with Crippen molar-refractivity contribution in [1.29, 1.82) is 0 Å². The number of hydrogen-bond donors (Lipinski definition) is 0. The van der Waals surface area contributed by atoms with Gasteiger partial charge in [0.05, 0.1) is 13.2 Å². The molecule has 5 nitrogen and oxygen atoms in total. The fourth-order valence-electron chi connectivity index (χ4n) is 2.89. The molecule has 0 aromatic heterocycles. The van der Waals surface area contributed by atoms with Gasteiger partial charge in [-0.1, -0.05) is 23.7 Å². The summed E-state index contributed by atoms with van der Waals surface area (Å²) in [6.07, 6.45) is 1.73. The molecule has 2 heterocycles. The highest BCUT2D eigenvalue weighted by atomic mass is 35.5. The van der Waals surface area contributed by atoms with E-state index < -0.39 is 5.97 Å². The number of esters is 1. The maximum absolute atomic E-state index is 12.1. The number of hydrogen-bond acceptors (Lipinski definition) is 5. The van der Waals surface area contributed by atoms with Crippen molar-refractivity contribution >= 4 is 35.2 Å². The van der Waals surface area contributed by atoms with Gasteiger partial charge in [-0.3, -0.25) is 0 Å². The molecule has 0 bridgehead atoms. The van der Waals surface area contributed by atoms with Gasteiger partial charge >= 0.3 is 5.97 Å². The van der Waals surface area contributed by atoms with Crippen LogP contribution >= 0.6 is 11.6 Å². The fourth-order valence-corrected chi connectivity index (χ4v) is 3.01. The summed E-state index contributed by atoms with van der Waals surface area (Å²) in [5.41, 5.74) is 3.05. The van der Waals surface area contributed by atoms with Gasteiger partial charge in [-0.25, -0.2) is 9.79 Å². The first-order chi connectivity index (χ1) is 12.7. The van der Waals surface area contributed by atoms with Gasteiger partial charge in [0, 0.05) is 29.4 Å². The summed E-state index contributed by atoms with van der Waals surface area (Å²) < 4.78 is 10.6. The molecule has 2 aromatic carbocycles. The Bertz CT molecular complexity index is 867. The summed E-state index contributed by atoms with van der Waals surface area (Å²) in [5.74, 6) is -0.157. The molecule has 1 fully saturated rings. The third kappa shape index (κ3) is 3.64. The second-order valence-electron chi connectivity index (χ2n) is 6.03. The van der Waals surface area contributed by atoms with Crippen molar-refractivity contribution in [2.24, 2.45) is 4.99 Å². The molecule has 4 rings (SSSR count). The Kier molecular flexibility index (Phi) is 4.73. The standard InChI is InChI=1S/C20H17ClN2O3/c21-16-5-3-15(4-6-16)19-22-18(20(24)26-19)13-14-1-7-17(8-2-14)23-9-11-25-12-10-23/h1-8,13H,9-12H2/b18-13-. The summed E-state index contributed by atoms with van der Waals surface area (Å²) in [7, 11) is 0. The lowest BCUT2D eigenvalue weighted by Gasteiger charge is -2.28. The minimum atomic E-state index is -0.452. The van der Waals surface area contributed by atoms with Crippen LogP contribution in [-0.4, -0.2) is 38.2 Å². The first kappa shape index (κ1) is 16.8. The molecule has 132 valence electrons. The summed E-state index contributed by atoms with van der Waals surface area (Å²) in [4.78, 5) is 18.7. The van der Waals surface area contributed by atoms with E-state index in [1.807, 2.05) is 24.3 Å². The van der Waals surface area contributed by atoms with Crippen LogP contribution in [0.4, 0.5) is 5.69 Å². The number of anilines is 1. The molecule has 2 aliphatic rings. The zero-order chi connectivity index (χ0) is 17.9. The Balaban J connectivity index is 1.53. The lowest BCUT2D eigenvalue weighted by Crippen LogP contribution is -2.36. The van der Waals surface area contributed by atoms with E-state index >= 15 is 0 Å². The molecule has 1 saturated heterocycles. The molecule has 0 saturated carbocycles. The summed E-state index contributed by atoms with van der Waals surface area (Å²) in [6.45, 7) is 3.28. The van der Waals surface area contributed by atoms with Crippen LogP contribution in [0.1, 0.15) is 11.1 Å². The predicted molar refractivity (Wildman–Crippen MR) is 102 cm³/mol. The van der Waals surface area contributed by atoms with E-state index in [1.165, 1.54) is 0 Å². The van der Waals surface area contributed by atoms with Crippen LogP contribution in [0.2, 0.25) is 5.02 Å². The number of aliphatic imine (C=N–C) groups is 1. The number of cyclic esters (lactones) is 1. The largest absolute Gasteiger partial charge is 0.402 e. The number of halogens is 1. The first-order valence-electron chi connectivity index (χ1n) is 8.40. The van der Waals surface area contributed by atoms with E-state index in [9.17, 15) is 4.79 Å². The molecular weight excluding hydrogens is 352 g/mol. The first-order valence-corrected chi connectivity index (χ1v) is 8.78. The SMILES string of the molecule is O=C1OC(c2ccc(Cl)cc2)=N/C1=C\c1ccc(N2CCOCC2)cc1. The summed E-state index contributed by atoms with van der Waals surface area (Å²) >= 11 is 5.88. The smallest absolute Gasteiger partial charge is 0.363 e. The van der Waals surface area contributed by atoms with Crippen LogP contribution < -0.4 is 4.90 Å². The summed E-state index contributed by atoms with van der Waals surface area (Å²) in [5, 5.41) is 0.620. The highest BCUT2D eigenvalue weighted by Crippen LogP contribution is 2.22. The normalized spacial score (nSPS) is 18.8. The average molecular weight is 369 g/mol. The van der Waals surface area contributed by atoms with Crippen molar-refractivity contribution in [3.05, 3.63) is 70.4 Å². The second-order valence-corrected chi connectivity index (χ2v) is 6.47. The lowest BCUT2D eigenvalue weighted by atomic mass is 10.1. The molecule has 26 heavy (non-hydrogen) atoms. The third-order valence-corrected chi connectivity index (χ3v) is 4.54. The summed E-state index contributed by atoms with van der Waals surface area (Å²) in [6, 6.07) is 15.0. The molecule has 2 aliphatic heterocycles. The fraction of sp³-hybridized carbons (Fsp3) is 0.200. The van der Waals surface area contributed by atoms with Crippen molar-refractivity contribution in [1.82, 2.24) is 0 Å². The lowest BCUT2D eigenvalue weighted by molar-refractivity contribution is -0.129. The molecular formula is C20H17ClN2O3.